The molecule has 2 aromatic rings. The second-order valence-electron chi connectivity index (χ2n) is 6.08. The molecule has 1 aliphatic rings. The van der Waals surface area contributed by atoms with Gasteiger partial charge in [-0.05, 0) is 39.0 Å². The third kappa shape index (κ3) is 3.41. The second-order valence-corrected chi connectivity index (χ2v) is 8.34. The standard InChI is InChI=1S/C15H22N6O2S/c1-4-24(22,23)20-9-13(10-20)8-16-14-5-6-15(18-17-14)21-12(3)7-11(2)19-21/h5-7,13H,4,8-10H2,1-3H3,(H,16,17). The van der Waals surface area contributed by atoms with Crippen LogP contribution in [0.3, 0.4) is 0 Å². The fourth-order valence-electron chi connectivity index (χ4n) is 2.70. The molecule has 2 aromatic heterocycles. The molecule has 0 saturated carbocycles. The van der Waals surface area contributed by atoms with Crippen LogP contribution in [0.15, 0.2) is 18.2 Å². The SMILES string of the molecule is CCS(=O)(=O)N1CC(CNc2ccc(-n3nc(C)cc3C)nn2)C1. The average Bonchev–Trinajstić information content (AvgIpc) is 2.85. The predicted molar refractivity (Wildman–Crippen MR) is 91.6 cm³/mol. The van der Waals surface area contributed by atoms with E-state index in [0.29, 0.717) is 37.2 Å². The fourth-order valence-corrected chi connectivity index (χ4v) is 3.94. The van der Waals surface area contributed by atoms with Gasteiger partial charge in [-0.15, -0.1) is 10.2 Å². The van der Waals surface area contributed by atoms with Gasteiger partial charge in [0.25, 0.3) is 0 Å². The highest BCUT2D eigenvalue weighted by Gasteiger charge is 2.34. The van der Waals surface area contributed by atoms with Gasteiger partial charge >= 0.3 is 0 Å². The van der Waals surface area contributed by atoms with Gasteiger partial charge in [0, 0.05) is 31.2 Å². The molecule has 9 heteroatoms. The number of sulfonamides is 1. The Morgan fingerprint density at radius 2 is 2.00 bits per heavy atom. The van der Waals surface area contributed by atoms with E-state index in [4.69, 9.17) is 0 Å². The van der Waals surface area contributed by atoms with Crippen LogP contribution in [0.25, 0.3) is 5.82 Å². The zero-order chi connectivity index (χ0) is 17.3. The number of aromatic nitrogens is 4. The number of hydrogen-bond donors (Lipinski definition) is 1. The van der Waals surface area contributed by atoms with Crippen LogP contribution in [0.1, 0.15) is 18.3 Å². The summed E-state index contributed by atoms with van der Waals surface area (Å²) in [4.78, 5) is 0. The normalized spacial score (nSPS) is 16.1. The van der Waals surface area contributed by atoms with Gasteiger partial charge in [-0.25, -0.2) is 17.4 Å². The Morgan fingerprint density at radius 3 is 2.54 bits per heavy atom. The van der Waals surface area contributed by atoms with E-state index in [1.807, 2.05) is 32.0 Å². The molecule has 1 saturated heterocycles. The smallest absolute Gasteiger partial charge is 0.213 e. The zero-order valence-electron chi connectivity index (χ0n) is 14.1. The van der Waals surface area contributed by atoms with Crippen molar-refractivity contribution < 1.29 is 8.42 Å². The van der Waals surface area contributed by atoms with Crippen LogP contribution in [0.4, 0.5) is 5.82 Å². The minimum atomic E-state index is -3.05. The van der Waals surface area contributed by atoms with Crippen molar-refractivity contribution in [1.82, 2.24) is 24.3 Å². The molecule has 0 bridgehead atoms. The van der Waals surface area contributed by atoms with Crippen molar-refractivity contribution in [3.8, 4) is 5.82 Å². The van der Waals surface area contributed by atoms with Crippen molar-refractivity contribution in [2.75, 3.05) is 30.7 Å². The highest BCUT2D eigenvalue weighted by Crippen LogP contribution is 2.20. The first-order valence-corrected chi connectivity index (χ1v) is 9.59. The van der Waals surface area contributed by atoms with Crippen LogP contribution < -0.4 is 5.32 Å². The summed E-state index contributed by atoms with van der Waals surface area (Å²) in [6.07, 6.45) is 0. The van der Waals surface area contributed by atoms with Gasteiger partial charge in [-0.3, -0.25) is 0 Å². The molecule has 1 N–H and O–H groups in total. The minimum absolute atomic E-state index is 0.159. The van der Waals surface area contributed by atoms with E-state index < -0.39 is 10.0 Å². The first kappa shape index (κ1) is 16.8. The summed E-state index contributed by atoms with van der Waals surface area (Å²) in [5.74, 6) is 1.82. The van der Waals surface area contributed by atoms with E-state index in [0.717, 1.165) is 11.4 Å². The van der Waals surface area contributed by atoms with Gasteiger partial charge < -0.3 is 5.32 Å². The highest BCUT2D eigenvalue weighted by atomic mass is 32.2. The maximum absolute atomic E-state index is 11.7. The quantitative estimate of drug-likeness (QED) is 0.834. The van der Waals surface area contributed by atoms with Crippen molar-refractivity contribution in [2.45, 2.75) is 20.8 Å². The Hall–Kier alpha value is -2.00. The molecule has 0 unspecified atom stereocenters. The van der Waals surface area contributed by atoms with E-state index in [9.17, 15) is 8.42 Å². The Kier molecular flexibility index (Phi) is 4.55. The monoisotopic (exact) mass is 350 g/mol. The molecule has 1 aliphatic heterocycles. The molecule has 0 radical (unpaired) electrons. The van der Waals surface area contributed by atoms with E-state index in [1.54, 1.807) is 11.6 Å². The molecular weight excluding hydrogens is 328 g/mol. The molecule has 3 rings (SSSR count). The summed E-state index contributed by atoms with van der Waals surface area (Å²) in [5, 5.41) is 15.9. The predicted octanol–water partition coefficient (Wildman–Crippen LogP) is 0.973. The van der Waals surface area contributed by atoms with Crippen molar-refractivity contribution in [1.29, 1.82) is 0 Å². The number of nitrogens with zero attached hydrogens (tertiary/aromatic N) is 5. The first-order valence-electron chi connectivity index (χ1n) is 7.98. The molecule has 24 heavy (non-hydrogen) atoms. The van der Waals surface area contributed by atoms with Crippen LogP contribution in [-0.2, 0) is 10.0 Å². The van der Waals surface area contributed by atoms with Gasteiger partial charge in [-0.1, -0.05) is 0 Å². The lowest BCUT2D eigenvalue weighted by molar-refractivity contribution is 0.212. The zero-order valence-corrected chi connectivity index (χ0v) is 14.9. The topological polar surface area (TPSA) is 93.0 Å². The third-order valence-corrected chi connectivity index (χ3v) is 5.95. The minimum Gasteiger partial charge on any atom is -0.368 e. The third-order valence-electron chi connectivity index (χ3n) is 4.13. The summed E-state index contributed by atoms with van der Waals surface area (Å²) >= 11 is 0. The van der Waals surface area contributed by atoms with E-state index >= 15 is 0 Å². The van der Waals surface area contributed by atoms with Gasteiger partial charge in [0.1, 0.15) is 5.82 Å². The molecule has 3 heterocycles. The van der Waals surface area contributed by atoms with Crippen molar-refractivity contribution in [3.63, 3.8) is 0 Å². The number of rotatable bonds is 6. The maximum Gasteiger partial charge on any atom is 0.213 e. The molecule has 0 aliphatic carbocycles. The van der Waals surface area contributed by atoms with Crippen molar-refractivity contribution in [2.24, 2.45) is 5.92 Å². The lowest BCUT2D eigenvalue weighted by atomic mass is 10.0. The molecule has 0 amide bonds. The Bertz CT molecular complexity index is 809. The van der Waals surface area contributed by atoms with Gasteiger partial charge in [0.15, 0.2) is 5.82 Å². The molecule has 0 spiro atoms. The fraction of sp³-hybridized carbons (Fsp3) is 0.533. The number of anilines is 1. The average molecular weight is 350 g/mol. The lowest BCUT2D eigenvalue weighted by Crippen LogP contribution is -2.52. The van der Waals surface area contributed by atoms with Crippen LogP contribution >= 0.6 is 0 Å². The summed E-state index contributed by atoms with van der Waals surface area (Å²) < 4.78 is 26.6. The first-order chi connectivity index (χ1) is 11.4. The Balaban J connectivity index is 1.54. The largest absolute Gasteiger partial charge is 0.368 e. The number of hydrogen-bond acceptors (Lipinski definition) is 6. The van der Waals surface area contributed by atoms with Gasteiger partial charge in [0.2, 0.25) is 10.0 Å². The number of nitrogens with one attached hydrogen (secondary N) is 1. The molecule has 130 valence electrons. The van der Waals surface area contributed by atoms with E-state index in [1.165, 1.54) is 4.31 Å². The second kappa shape index (κ2) is 6.48. The van der Waals surface area contributed by atoms with Crippen LogP contribution in [0, 0.1) is 19.8 Å². The van der Waals surface area contributed by atoms with Crippen molar-refractivity contribution in [3.05, 3.63) is 29.6 Å². The Labute approximate surface area is 141 Å². The van der Waals surface area contributed by atoms with Crippen molar-refractivity contribution >= 4 is 15.8 Å². The van der Waals surface area contributed by atoms with E-state index in [-0.39, 0.29) is 5.75 Å². The maximum atomic E-state index is 11.7. The summed E-state index contributed by atoms with van der Waals surface area (Å²) in [6.45, 7) is 7.40. The Morgan fingerprint density at radius 1 is 1.25 bits per heavy atom. The van der Waals surface area contributed by atoms with Crippen LogP contribution in [-0.4, -0.2) is 58.1 Å². The summed E-state index contributed by atoms with van der Waals surface area (Å²) in [5.41, 5.74) is 1.95. The molecular formula is C15H22N6O2S. The molecule has 1 fully saturated rings. The lowest BCUT2D eigenvalue weighted by Gasteiger charge is -2.37. The highest BCUT2D eigenvalue weighted by molar-refractivity contribution is 7.89. The van der Waals surface area contributed by atoms with E-state index in [2.05, 4.69) is 20.6 Å². The molecule has 0 atom stereocenters. The summed E-state index contributed by atoms with van der Waals surface area (Å²) in [7, 11) is -3.05. The van der Waals surface area contributed by atoms with Crippen LogP contribution in [0.5, 0.6) is 0 Å². The van der Waals surface area contributed by atoms with Gasteiger partial charge in [0.05, 0.1) is 11.4 Å². The number of aryl methyl sites for hydroxylation is 2. The molecule has 8 nitrogen and oxygen atoms in total. The molecule has 0 aromatic carbocycles. The van der Waals surface area contributed by atoms with Gasteiger partial charge in [-0.2, -0.15) is 5.10 Å². The van der Waals surface area contributed by atoms with Crippen LogP contribution in [0.2, 0.25) is 0 Å². The summed E-state index contributed by atoms with van der Waals surface area (Å²) in [6, 6.07) is 5.71.